The van der Waals surface area contributed by atoms with Gasteiger partial charge in [-0.25, -0.2) is 9.78 Å². The second-order valence-corrected chi connectivity index (χ2v) is 4.52. The maximum absolute atomic E-state index is 11.3. The summed E-state index contributed by atoms with van der Waals surface area (Å²) in [5.41, 5.74) is 0.875. The lowest BCUT2D eigenvalue weighted by molar-refractivity contribution is -0.145. The van der Waals surface area contributed by atoms with Gasteiger partial charge in [-0.3, -0.25) is 0 Å². The standard InChI is InChI=1S/C14H15ClN2O3/c1-2-19-14(18)9-20-13-4-3-12(15)7-11(13)8-17-6-5-16-10-17/h3-7,10H,2,8-9H2,1H3. The molecule has 0 saturated carbocycles. The molecule has 0 aliphatic heterocycles. The summed E-state index contributed by atoms with van der Waals surface area (Å²) in [6, 6.07) is 5.27. The third kappa shape index (κ3) is 3.99. The van der Waals surface area contributed by atoms with E-state index in [1.165, 1.54) is 0 Å². The van der Waals surface area contributed by atoms with E-state index >= 15 is 0 Å². The van der Waals surface area contributed by atoms with E-state index in [1.807, 2.05) is 16.8 Å². The minimum absolute atomic E-state index is 0.119. The second-order valence-electron chi connectivity index (χ2n) is 4.08. The number of benzene rings is 1. The number of hydrogen-bond donors (Lipinski definition) is 0. The summed E-state index contributed by atoms with van der Waals surface area (Å²) in [4.78, 5) is 15.3. The van der Waals surface area contributed by atoms with E-state index in [1.54, 1.807) is 31.6 Å². The van der Waals surface area contributed by atoms with E-state index in [2.05, 4.69) is 4.98 Å². The van der Waals surface area contributed by atoms with E-state index in [9.17, 15) is 4.79 Å². The Morgan fingerprint density at radius 3 is 3.00 bits per heavy atom. The largest absolute Gasteiger partial charge is 0.482 e. The van der Waals surface area contributed by atoms with Gasteiger partial charge in [0.15, 0.2) is 6.61 Å². The Balaban J connectivity index is 2.09. The number of carbonyl (C=O) groups is 1. The molecular weight excluding hydrogens is 280 g/mol. The fourth-order valence-electron chi connectivity index (χ4n) is 1.73. The van der Waals surface area contributed by atoms with Crippen molar-refractivity contribution in [3.05, 3.63) is 47.5 Å². The Labute approximate surface area is 122 Å². The highest BCUT2D eigenvalue weighted by molar-refractivity contribution is 6.30. The Hall–Kier alpha value is -2.01. The smallest absolute Gasteiger partial charge is 0.344 e. The van der Waals surface area contributed by atoms with Crippen LogP contribution in [0.1, 0.15) is 12.5 Å². The molecule has 2 rings (SSSR count). The predicted molar refractivity (Wildman–Crippen MR) is 74.9 cm³/mol. The first-order valence-electron chi connectivity index (χ1n) is 6.21. The minimum Gasteiger partial charge on any atom is -0.482 e. The van der Waals surface area contributed by atoms with Crippen molar-refractivity contribution in [2.75, 3.05) is 13.2 Å². The third-order valence-electron chi connectivity index (χ3n) is 2.59. The monoisotopic (exact) mass is 294 g/mol. The maximum Gasteiger partial charge on any atom is 0.344 e. The van der Waals surface area contributed by atoms with Crippen LogP contribution in [0.3, 0.4) is 0 Å². The lowest BCUT2D eigenvalue weighted by Crippen LogP contribution is -2.15. The van der Waals surface area contributed by atoms with Crippen molar-refractivity contribution in [2.24, 2.45) is 0 Å². The highest BCUT2D eigenvalue weighted by Gasteiger charge is 2.09. The molecule has 2 aromatic rings. The molecule has 1 aromatic heterocycles. The molecule has 20 heavy (non-hydrogen) atoms. The lowest BCUT2D eigenvalue weighted by atomic mass is 10.2. The van der Waals surface area contributed by atoms with Gasteiger partial charge in [0.2, 0.25) is 0 Å². The third-order valence-corrected chi connectivity index (χ3v) is 2.82. The number of rotatable bonds is 6. The number of halogens is 1. The minimum atomic E-state index is -0.393. The zero-order chi connectivity index (χ0) is 14.4. The molecule has 1 aromatic carbocycles. The maximum atomic E-state index is 11.3. The summed E-state index contributed by atoms with van der Waals surface area (Å²) < 4.78 is 12.2. The molecule has 0 radical (unpaired) electrons. The molecular formula is C14H15ClN2O3. The number of nitrogens with zero attached hydrogens (tertiary/aromatic N) is 2. The molecule has 0 amide bonds. The van der Waals surface area contributed by atoms with Gasteiger partial charge in [-0.05, 0) is 25.1 Å². The van der Waals surface area contributed by atoms with Crippen LogP contribution in [0.15, 0.2) is 36.9 Å². The second kappa shape index (κ2) is 6.96. The summed E-state index contributed by atoms with van der Waals surface area (Å²) in [6.45, 7) is 2.54. The van der Waals surface area contributed by atoms with Gasteiger partial charge < -0.3 is 14.0 Å². The van der Waals surface area contributed by atoms with Crippen molar-refractivity contribution in [1.29, 1.82) is 0 Å². The topological polar surface area (TPSA) is 53.4 Å². The summed E-state index contributed by atoms with van der Waals surface area (Å²) in [5.74, 6) is 0.215. The van der Waals surface area contributed by atoms with Gasteiger partial charge in [0.05, 0.1) is 19.5 Å². The van der Waals surface area contributed by atoms with E-state index in [-0.39, 0.29) is 6.61 Å². The molecule has 0 fully saturated rings. The summed E-state index contributed by atoms with van der Waals surface area (Å²) in [5, 5.41) is 0.614. The molecule has 0 aliphatic carbocycles. The van der Waals surface area contributed by atoms with E-state index in [0.29, 0.717) is 23.9 Å². The van der Waals surface area contributed by atoms with Crippen LogP contribution in [-0.2, 0) is 16.1 Å². The van der Waals surface area contributed by atoms with Crippen molar-refractivity contribution in [2.45, 2.75) is 13.5 Å². The Morgan fingerprint density at radius 2 is 2.30 bits per heavy atom. The number of carbonyl (C=O) groups excluding carboxylic acids is 1. The number of hydrogen-bond acceptors (Lipinski definition) is 4. The normalized spacial score (nSPS) is 10.3. The first-order chi connectivity index (χ1) is 9.69. The molecule has 106 valence electrons. The molecule has 0 atom stereocenters. The number of ether oxygens (including phenoxy) is 2. The molecule has 5 nitrogen and oxygen atoms in total. The fraction of sp³-hybridized carbons (Fsp3) is 0.286. The highest BCUT2D eigenvalue weighted by atomic mass is 35.5. The zero-order valence-corrected chi connectivity index (χ0v) is 11.8. The summed E-state index contributed by atoms with van der Waals surface area (Å²) in [6.07, 6.45) is 5.25. The van der Waals surface area contributed by atoms with Gasteiger partial charge in [0.25, 0.3) is 0 Å². The number of aromatic nitrogens is 2. The SMILES string of the molecule is CCOC(=O)COc1ccc(Cl)cc1Cn1ccnc1. The average molecular weight is 295 g/mol. The van der Waals surface area contributed by atoms with Crippen molar-refractivity contribution >= 4 is 17.6 Å². The molecule has 0 N–H and O–H groups in total. The van der Waals surface area contributed by atoms with Gasteiger partial charge in [0.1, 0.15) is 5.75 Å². The van der Waals surface area contributed by atoms with Gasteiger partial charge >= 0.3 is 5.97 Å². The Kier molecular flexibility index (Phi) is 5.01. The number of esters is 1. The van der Waals surface area contributed by atoms with Gasteiger partial charge in [-0.1, -0.05) is 11.6 Å². The van der Waals surface area contributed by atoms with Crippen molar-refractivity contribution < 1.29 is 14.3 Å². The average Bonchev–Trinajstić information content (AvgIpc) is 2.91. The molecule has 0 unspecified atom stereocenters. The Morgan fingerprint density at radius 1 is 1.45 bits per heavy atom. The predicted octanol–water partition coefficient (Wildman–Crippen LogP) is 2.53. The van der Waals surface area contributed by atoms with Crippen LogP contribution in [0, 0.1) is 0 Å². The molecule has 6 heteroatoms. The van der Waals surface area contributed by atoms with Crippen LogP contribution in [0.4, 0.5) is 0 Å². The highest BCUT2D eigenvalue weighted by Crippen LogP contribution is 2.24. The molecule has 0 saturated heterocycles. The summed E-state index contributed by atoms with van der Waals surface area (Å²) in [7, 11) is 0. The van der Waals surface area contributed by atoms with Crippen LogP contribution in [0.5, 0.6) is 5.75 Å². The van der Waals surface area contributed by atoms with Crippen LogP contribution < -0.4 is 4.74 Å². The zero-order valence-electron chi connectivity index (χ0n) is 11.1. The molecule has 0 aliphatic rings. The molecule has 1 heterocycles. The van der Waals surface area contributed by atoms with E-state index < -0.39 is 5.97 Å². The van der Waals surface area contributed by atoms with Gasteiger partial charge in [-0.15, -0.1) is 0 Å². The first-order valence-corrected chi connectivity index (χ1v) is 6.59. The van der Waals surface area contributed by atoms with E-state index in [4.69, 9.17) is 21.1 Å². The van der Waals surface area contributed by atoms with Crippen LogP contribution >= 0.6 is 11.6 Å². The van der Waals surface area contributed by atoms with Crippen molar-refractivity contribution in [1.82, 2.24) is 9.55 Å². The fourth-order valence-corrected chi connectivity index (χ4v) is 1.92. The van der Waals surface area contributed by atoms with E-state index in [0.717, 1.165) is 5.56 Å². The van der Waals surface area contributed by atoms with Crippen LogP contribution in [0.2, 0.25) is 5.02 Å². The summed E-state index contributed by atoms with van der Waals surface area (Å²) >= 11 is 6.00. The lowest BCUT2D eigenvalue weighted by Gasteiger charge is -2.12. The Bertz CT molecular complexity index is 570. The molecule has 0 bridgehead atoms. The van der Waals surface area contributed by atoms with Crippen molar-refractivity contribution in [3.8, 4) is 5.75 Å². The van der Waals surface area contributed by atoms with Crippen LogP contribution in [0.25, 0.3) is 0 Å². The quantitative estimate of drug-likeness (QED) is 0.768. The molecule has 0 spiro atoms. The number of imidazole rings is 1. The van der Waals surface area contributed by atoms with Crippen LogP contribution in [-0.4, -0.2) is 28.7 Å². The van der Waals surface area contributed by atoms with Gasteiger partial charge in [-0.2, -0.15) is 0 Å². The van der Waals surface area contributed by atoms with Gasteiger partial charge in [0, 0.05) is 23.0 Å². The first kappa shape index (κ1) is 14.4. The van der Waals surface area contributed by atoms with Crippen molar-refractivity contribution in [3.63, 3.8) is 0 Å².